The Morgan fingerprint density at radius 2 is 1.67 bits per heavy atom. The van der Waals surface area contributed by atoms with Crippen molar-refractivity contribution in [3.63, 3.8) is 0 Å². The van der Waals surface area contributed by atoms with Gasteiger partial charge in [-0.3, -0.25) is 4.79 Å². The standard InChI is InChI=1S/C16H13F4NO2S/c17-12-3-5-13(6-4-12)23-10-9-21-15(22)11-1-7-14(8-2-11)24-16(18,19)20/h1-8H,9-10H2,(H,21,22). The summed E-state index contributed by atoms with van der Waals surface area (Å²) >= 11 is -0.237. The number of halogens is 4. The maximum absolute atomic E-state index is 12.7. The fourth-order valence-electron chi connectivity index (χ4n) is 1.77. The fraction of sp³-hybridized carbons (Fsp3) is 0.188. The molecule has 0 aliphatic rings. The van der Waals surface area contributed by atoms with Crippen LogP contribution in [0.25, 0.3) is 0 Å². The van der Waals surface area contributed by atoms with Gasteiger partial charge in [0.2, 0.25) is 0 Å². The molecule has 0 bridgehead atoms. The summed E-state index contributed by atoms with van der Waals surface area (Å²) in [6.07, 6.45) is 0. The van der Waals surface area contributed by atoms with Gasteiger partial charge in [-0.1, -0.05) is 0 Å². The highest BCUT2D eigenvalue weighted by molar-refractivity contribution is 8.00. The van der Waals surface area contributed by atoms with E-state index in [1.807, 2.05) is 0 Å². The lowest BCUT2D eigenvalue weighted by molar-refractivity contribution is -0.0328. The molecule has 0 aliphatic heterocycles. The van der Waals surface area contributed by atoms with Crippen LogP contribution in [0.15, 0.2) is 53.4 Å². The summed E-state index contributed by atoms with van der Waals surface area (Å²) in [5.41, 5.74) is -4.11. The summed E-state index contributed by atoms with van der Waals surface area (Å²) in [7, 11) is 0. The largest absolute Gasteiger partial charge is 0.492 e. The number of hydrogen-bond acceptors (Lipinski definition) is 3. The van der Waals surface area contributed by atoms with E-state index in [9.17, 15) is 22.4 Å². The van der Waals surface area contributed by atoms with Gasteiger partial charge in [0.1, 0.15) is 18.2 Å². The van der Waals surface area contributed by atoms with Gasteiger partial charge < -0.3 is 10.1 Å². The molecule has 0 aliphatic carbocycles. The van der Waals surface area contributed by atoms with Crippen molar-refractivity contribution in [2.45, 2.75) is 10.4 Å². The van der Waals surface area contributed by atoms with Crippen molar-refractivity contribution in [2.75, 3.05) is 13.2 Å². The molecule has 2 rings (SSSR count). The second-order valence-electron chi connectivity index (χ2n) is 4.63. The molecule has 2 aromatic rings. The van der Waals surface area contributed by atoms with E-state index in [2.05, 4.69) is 5.32 Å². The summed E-state index contributed by atoms with van der Waals surface area (Å²) < 4.78 is 54.7. The third kappa shape index (κ3) is 6.11. The number of carbonyl (C=O) groups is 1. The van der Waals surface area contributed by atoms with E-state index in [1.54, 1.807) is 0 Å². The van der Waals surface area contributed by atoms with E-state index in [0.717, 1.165) is 0 Å². The van der Waals surface area contributed by atoms with Gasteiger partial charge in [-0.25, -0.2) is 4.39 Å². The van der Waals surface area contributed by atoms with Crippen LogP contribution in [0.3, 0.4) is 0 Å². The Kier molecular flexibility index (Phi) is 6.08. The third-order valence-electron chi connectivity index (χ3n) is 2.82. The number of carbonyl (C=O) groups excluding carboxylic acids is 1. The molecule has 0 spiro atoms. The van der Waals surface area contributed by atoms with Crippen LogP contribution >= 0.6 is 11.8 Å². The molecular weight excluding hydrogens is 346 g/mol. The quantitative estimate of drug-likeness (QED) is 0.476. The van der Waals surface area contributed by atoms with E-state index >= 15 is 0 Å². The van der Waals surface area contributed by atoms with Crippen LogP contribution in [0.2, 0.25) is 0 Å². The van der Waals surface area contributed by atoms with Crippen LogP contribution in [0.5, 0.6) is 5.75 Å². The van der Waals surface area contributed by atoms with Gasteiger partial charge in [0, 0.05) is 10.5 Å². The Morgan fingerprint density at radius 1 is 1.04 bits per heavy atom. The van der Waals surface area contributed by atoms with Crippen molar-refractivity contribution in [1.82, 2.24) is 5.32 Å². The summed E-state index contributed by atoms with van der Waals surface area (Å²) in [4.78, 5) is 11.9. The SMILES string of the molecule is O=C(NCCOc1ccc(F)cc1)c1ccc(SC(F)(F)F)cc1. The highest BCUT2D eigenvalue weighted by Gasteiger charge is 2.29. The Morgan fingerprint density at radius 3 is 2.25 bits per heavy atom. The number of thioether (sulfide) groups is 1. The predicted molar refractivity (Wildman–Crippen MR) is 82.6 cm³/mol. The molecule has 0 saturated carbocycles. The Hall–Kier alpha value is -2.22. The molecule has 0 radical (unpaired) electrons. The Labute approximate surface area is 140 Å². The van der Waals surface area contributed by atoms with Gasteiger partial charge in [0.05, 0.1) is 6.54 Å². The Bertz CT molecular complexity index is 672. The molecule has 0 fully saturated rings. The highest BCUT2D eigenvalue weighted by Crippen LogP contribution is 2.36. The lowest BCUT2D eigenvalue weighted by Crippen LogP contribution is -2.28. The first-order chi connectivity index (χ1) is 11.3. The second kappa shape index (κ2) is 8.05. The summed E-state index contributed by atoms with van der Waals surface area (Å²) in [6.45, 7) is 0.384. The number of amides is 1. The van der Waals surface area contributed by atoms with Crippen LogP contribution in [0.4, 0.5) is 17.6 Å². The lowest BCUT2D eigenvalue weighted by atomic mass is 10.2. The van der Waals surface area contributed by atoms with Crippen LogP contribution < -0.4 is 10.1 Å². The molecule has 24 heavy (non-hydrogen) atoms. The lowest BCUT2D eigenvalue weighted by Gasteiger charge is -2.09. The van der Waals surface area contributed by atoms with Crippen molar-refractivity contribution in [3.8, 4) is 5.75 Å². The smallest absolute Gasteiger partial charge is 0.446 e. The first-order valence-electron chi connectivity index (χ1n) is 6.86. The fourth-order valence-corrected chi connectivity index (χ4v) is 2.31. The molecule has 2 aromatic carbocycles. The topological polar surface area (TPSA) is 38.3 Å². The van der Waals surface area contributed by atoms with Crippen molar-refractivity contribution in [3.05, 3.63) is 59.9 Å². The number of benzene rings is 2. The average molecular weight is 359 g/mol. The molecule has 0 heterocycles. The zero-order valence-corrected chi connectivity index (χ0v) is 13.1. The molecule has 0 aromatic heterocycles. The molecule has 1 amide bonds. The predicted octanol–water partition coefficient (Wildman–Crippen LogP) is 4.25. The molecule has 0 atom stereocenters. The van der Waals surface area contributed by atoms with Gasteiger partial charge in [-0.15, -0.1) is 0 Å². The maximum Gasteiger partial charge on any atom is 0.446 e. The monoisotopic (exact) mass is 359 g/mol. The highest BCUT2D eigenvalue weighted by atomic mass is 32.2. The second-order valence-corrected chi connectivity index (χ2v) is 5.77. The molecule has 0 unspecified atom stereocenters. The van der Waals surface area contributed by atoms with Gasteiger partial charge in [0.25, 0.3) is 5.91 Å². The molecule has 128 valence electrons. The van der Waals surface area contributed by atoms with E-state index < -0.39 is 11.4 Å². The average Bonchev–Trinajstić information content (AvgIpc) is 2.52. The summed E-state index contributed by atoms with van der Waals surface area (Å²) in [5.74, 6) is -0.316. The normalized spacial score (nSPS) is 11.2. The van der Waals surface area contributed by atoms with Crippen molar-refractivity contribution >= 4 is 17.7 Å². The zero-order chi connectivity index (χ0) is 17.6. The van der Waals surface area contributed by atoms with Crippen LogP contribution in [-0.2, 0) is 0 Å². The Balaban J connectivity index is 1.77. The minimum atomic E-state index is -4.36. The van der Waals surface area contributed by atoms with Gasteiger partial charge in [-0.2, -0.15) is 13.2 Å². The minimum absolute atomic E-state index is 0.0127. The molecule has 3 nitrogen and oxygen atoms in total. The molecule has 1 N–H and O–H groups in total. The summed E-state index contributed by atoms with van der Waals surface area (Å²) in [5, 5.41) is 2.58. The maximum atomic E-state index is 12.7. The first-order valence-corrected chi connectivity index (χ1v) is 7.67. The minimum Gasteiger partial charge on any atom is -0.492 e. The van der Waals surface area contributed by atoms with Gasteiger partial charge >= 0.3 is 5.51 Å². The van der Waals surface area contributed by atoms with Crippen LogP contribution in [0.1, 0.15) is 10.4 Å². The molecule has 0 saturated heterocycles. The van der Waals surface area contributed by atoms with Crippen LogP contribution in [0, 0.1) is 5.82 Å². The number of hydrogen-bond donors (Lipinski definition) is 1. The number of nitrogens with one attached hydrogen (secondary N) is 1. The van der Waals surface area contributed by atoms with E-state index in [4.69, 9.17) is 4.74 Å². The molecule has 8 heteroatoms. The zero-order valence-electron chi connectivity index (χ0n) is 12.3. The van der Waals surface area contributed by atoms with E-state index in [0.29, 0.717) is 5.75 Å². The third-order valence-corrected chi connectivity index (χ3v) is 3.56. The summed E-state index contributed by atoms with van der Waals surface area (Å²) in [6, 6.07) is 10.6. The van der Waals surface area contributed by atoms with Crippen molar-refractivity contribution in [1.29, 1.82) is 0 Å². The number of rotatable bonds is 6. The van der Waals surface area contributed by atoms with Gasteiger partial charge in [0.15, 0.2) is 0 Å². The number of ether oxygens (including phenoxy) is 1. The number of alkyl halides is 3. The van der Waals surface area contributed by atoms with Crippen molar-refractivity contribution < 1.29 is 27.1 Å². The van der Waals surface area contributed by atoms with E-state index in [-0.39, 0.29) is 41.2 Å². The van der Waals surface area contributed by atoms with E-state index in [1.165, 1.54) is 48.5 Å². The first kappa shape index (κ1) is 18.1. The van der Waals surface area contributed by atoms with Crippen molar-refractivity contribution in [2.24, 2.45) is 0 Å². The van der Waals surface area contributed by atoms with Gasteiger partial charge in [-0.05, 0) is 60.3 Å². The molecular formula is C16H13F4NO2S. The van der Waals surface area contributed by atoms with Crippen LogP contribution in [-0.4, -0.2) is 24.6 Å².